The van der Waals surface area contributed by atoms with Gasteiger partial charge in [-0.25, -0.2) is 8.42 Å². The third-order valence-corrected chi connectivity index (χ3v) is 6.41. The minimum absolute atomic E-state index is 0.120. The maximum atomic E-state index is 12.8. The van der Waals surface area contributed by atoms with Crippen molar-refractivity contribution < 1.29 is 12.9 Å². The van der Waals surface area contributed by atoms with Crippen molar-refractivity contribution in [2.45, 2.75) is 43.0 Å². The van der Waals surface area contributed by atoms with Gasteiger partial charge in [-0.15, -0.1) is 0 Å². The molecule has 4 rings (SSSR count). The summed E-state index contributed by atoms with van der Waals surface area (Å²) in [5.41, 5.74) is 7.83. The lowest BCUT2D eigenvalue weighted by Crippen LogP contribution is -2.34. The van der Waals surface area contributed by atoms with E-state index in [9.17, 15) is 8.42 Å². The van der Waals surface area contributed by atoms with Crippen molar-refractivity contribution in [2.24, 2.45) is 5.73 Å². The van der Waals surface area contributed by atoms with Gasteiger partial charge < -0.3 is 10.3 Å². The summed E-state index contributed by atoms with van der Waals surface area (Å²) < 4.78 is 33.5. The molecule has 1 heterocycles. The van der Waals surface area contributed by atoms with Crippen molar-refractivity contribution in [1.29, 1.82) is 0 Å². The number of nitrogens with zero attached hydrogens (tertiary/aromatic N) is 2. The van der Waals surface area contributed by atoms with Crippen LogP contribution in [0, 0.1) is 6.92 Å². The lowest BCUT2D eigenvalue weighted by Gasteiger charge is -2.17. The molecule has 0 amide bonds. The highest BCUT2D eigenvalue weighted by Crippen LogP contribution is 2.35. The molecular weight excluding hydrogens is 376 g/mol. The topological polar surface area (TPSA) is 111 Å². The molecule has 2 aromatic carbocycles. The van der Waals surface area contributed by atoms with Crippen molar-refractivity contribution in [3.05, 3.63) is 59.9 Å². The molecule has 1 aliphatic carbocycles. The molecule has 0 aliphatic heterocycles. The fourth-order valence-electron chi connectivity index (χ4n) is 3.49. The van der Waals surface area contributed by atoms with E-state index in [-0.39, 0.29) is 10.8 Å². The summed E-state index contributed by atoms with van der Waals surface area (Å²) in [5.74, 6) is 0.741. The monoisotopic (exact) mass is 398 g/mol. The highest BCUT2D eigenvalue weighted by Gasteiger charge is 2.36. The third-order valence-electron chi connectivity index (χ3n) is 5.03. The molecule has 1 aromatic heterocycles. The van der Waals surface area contributed by atoms with Crippen LogP contribution in [0.15, 0.2) is 57.9 Å². The van der Waals surface area contributed by atoms with E-state index in [0.29, 0.717) is 17.1 Å². The second-order valence-corrected chi connectivity index (χ2v) is 8.97. The van der Waals surface area contributed by atoms with Gasteiger partial charge in [0.15, 0.2) is 5.82 Å². The molecule has 1 saturated carbocycles. The van der Waals surface area contributed by atoms with E-state index in [2.05, 4.69) is 14.9 Å². The van der Waals surface area contributed by atoms with Crippen LogP contribution in [0.2, 0.25) is 0 Å². The Balaban J connectivity index is 1.62. The smallest absolute Gasteiger partial charge is 0.261 e. The molecule has 0 bridgehead atoms. The van der Waals surface area contributed by atoms with E-state index >= 15 is 0 Å². The van der Waals surface area contributed by atoms with E-state index in [1.54, 1.807) is 30.3 Å². The molecule has 8 heteroatoms. The Hall–Kier alpha value is -2.71. The van der Waals surface area contributed by atoms with Crippen LogP contribution in [0.4, 0.5) is 5.69 Å². The summed E-state index contributed by atoms with van der Waals surface area (Å²) in [5, 5.41) is 4.04. The van der Waals surface area contributed by atoms with Crippen molar-refractivity contribution in [2.75, 3.05) is 4.72 Å². The molecule has 7 nitrogen and oxygen atoms in total. The molecule has 0 atom stereocenters. The molecule has 1 aliphatic rings. The second kappa shape index (κ2) is 7.03. The molecule has 28 heavy (non-hydrogen) atoms. The SMILES string of the molecule is Cc1cccc(NS(=O)(=O)c2cccc(-c3nc(C4(N)CCCC4)no3)c2)c1. The number of aryl methyl sites for hydroxylation is 1. The summed E-state index contributed by atoms with van der Waals surface area (Å²) in [6.45, 7) is 1.90. The maximum absolute atomic E-state index is 12.8. The van der Waals surface area contributed by atoms with Gasteiger partial charge in [-0.2, -0.15) is 4.98 Å². The first kappa shape index (κ1) is 18.6. The maximum Gasteiger partial charge on any atom is 0.261 e. The minimum atomic E-state index is -3.75. The van der Waals surface area contributed by atoms with Crippen molar-refractivity contribution in [3.8, 4) is 11.5 Å². The Bertz CT molecular complexity index is 1100. The Labute approximate surface area is 164 Å². The van der Waals surface area contributed by atoms with Gasteiger partial charge in [-0.1, -0.05) is 36.2 Å². The summed E-state index contributed by atoms with van der Waals surface area (Å²) in [7, 11) is -3.75. The van der Waals surface area contributed by atoms with Crippen LogP contribution in [-0.4, -0.2) is 18.6 Å². The van der Waals surface area contributed by atoms with Crippen LogP contribution < -0.4 is 10.5 Å². The number of hydrogen-bond acceptors (Lipinski definition) is 6. The van der Waals surface area contributed by atoms with E-state index in [1.807, 2.05) is 13.0 Å². The molecule has 0 unspecified atom stereocenters. The largest absolute Gasteiger partial charge is 0.334 e. The highest BCUT2D eigenvalue weighted by atomic mass is 32.2. The molecular formula is C20H22N4O3S. The minimum Gasteiger partial charge on any atom is -0.334 e. The van der Waals surface area contributed by atoms with Crippen molar-refractivity contribution in [1.82, 2.24) is 10.1 Å². The number of sulfonamides is 1. The van der Waals surface area contributed by atoms with Crippen LogP contribution >= 0.6 is 0 Å². The predicted molar refractivity (Wildman–Crippen MR) is 106 cm³/mol. The van der Waals surface area contributed by atoms with Gasteiger partial charge >= 0.3 is 0 Å². The van der Waals surface area contributed by atoms with Gasteiger partial charge in [0.25, 0.3) is 15.9 Å². The first-order chi connectivity index (χ1) is 13.4. The molecule has 1 fully saturated rings. The molecule has 146 valence electrons. The summed E-state index contributed by atoms with van der Waals surface area (Å²) in [6.07, 6.45) is 3.72. The fraction of sp³-hybridized carbons (Fsp3) is 0.300. The zero-order valence-corrected chi connectivity index (χ0v) is 16.4. The Morgan fingerprint density at radius 2 is 1.86 bits per heavy atom. The number of benzene rings is 2. The number of anilines is 1. The van der Waals surface area contributed by atoms with E-state index in [4.69, 9.17) is 10.3 Å². The molecule has 3 aromatic rings. The normalized spacial score (nSPS) is 16.2. The molecule has 0 saturated heterocycles. The summed E-state index contributed by atoms with van der Waals surface area (Å²) in [6, 6.07) is 13.6. The standard InChI is InChI=1S/C20H22N4O3S/c1-14-6-4-8-16(12-14)24-28(25,26)17-9-5-7-15(13-17)18-22-19(23-27-18)20(21)10-2-3-11-20/h4-9,12-13,24H,2-3,10-11,21H2,1H3. The van der Waals surface area contributed by atoms with Gasteiger partial charge in [-0.05, 0) is 55.7 Å². The van der Waals surface area contributed by atoms with Crippen LogP contribution in [0.25, 0.3) is 11.5 Å². The molecule has 3 N–H and O–H groups in total. The lowest BCUT2D eigenvalue weighted by molar-refractivity contribution is 0.372. The van der Waals surface area contributed by atoms with Crippen molar-refractivity contribution in [3.63, 3.8) is 0 Å². The van der Waals surface area contributed by atoms with Crippen LogP contribution in [-0.2, 0) is 15.6 Å². The van der Waals surface area contributed by atoms with Crippen molar-refractivity contribution >= 4 is 15.7 Å². The lowest BCUT2D eigenvalue weighted by atomic mass is 9.99. The van der Waals surface area contributed by atoms with Crippen LogP contribution in [0.1, 0.15) is 37.1 Å². The van der Waals surface area contributed by atoms with Crippen LogP contribution in [0.5, 0.6) is 0 Å². The molecule has 0 spiro atoms. The zero-order chi connectivity index (χ0) is 19.8. The Morgan fingerprint density at radius 3 is 2.61 bits per heavy atom. The fourth-order valence-corrected chi connectivity index (χ4v) is 4.59. The van der Waals surface area contributed by atoms with Gasteiger partial charge in [0.05, 0.1) is 10.4 Å². The number of nitrogens with one attached hydrogen (secondary N) is 1. The van der Waals surface area contributed by atoms with E-state index in [1.165, 1.54) is 12.1 Å². The first-order valence-corrected chi connectivity index (χ1v) is 10.7. The number of nitrogens with two attached hydrogens (primary N) is 1. The summed E-state index contributed by atoms with van der Waals surface area (Å²) in [4.78, 5) is 4.55. The number of aromatic nitrogens is 2. The average Bonchev–Trinajstić information content (AvgIpc) is 3.32. The Kier molecular flexibility index (Phi) is 4.68. The third kappa shape index (κ3) is 3.65. The first-order valence-electron chi connectivity index (χ1n) is 9.19. The van der Waals surface area contributed by atoms with Gasteiger partial charge in [0.2, 0.25) is 0 Å². The highest BCUT2D eigenvalue weighted by molar-refractivity contribution is 7.92. The van der Waals surface area contributed by atoms with Gasteiger partial charge in [0, 0.05) is 11.3 Å². The second-order valence-electron chi connectivity index (χ2n) is 7.29. The van der Waals surface area contributed by atoms with Crippen LogP contribution in [0.3, 0.4) is 0 Å². The Morgan fingerprint density at radius 1 is 1.11 bits per heavy atom. The summed E-state index contributed by atoms with van der Waals surface area (Å²) >= 11 is 0. The van der Waals surface area contributed by atoms with E-state index < -0.39 is 15.6 Å². The number of rotatable bonds is 5. The molecule has 0 radical (unpaired) electrons. The van der Waals surface area contributed by atoms with Gasteiger partial charge in [-0.3, -0.25) is 4.72 Å². The predicted octanol–water partition coefficient (Wildman–Crippen LogP) is 3.57. The average molecular weight is 398 g/mol. The zero-order valence-electron chi connectivity index (χ0n) is 15.6. The number of hydrogen-bond donors (Lipinski definition) is 2. The van der Waals surface area contributed by atoms with Gasteiger partial charge in [0.1, 0.15) is 0 Å². The van der Waals surface area contributed by atoms with E-state index in [0.717, 1.165) is 31.2 Å². The quantitative estimate of drug-likeness (QED) is 0.680.